The Morgan fingerprint density at radius 3 is 2.88 bits per heavy atom. The standard InChI is InChI=1S/C10H9NO6/c12-9(13)4-17-11-10(14)6-1-2-7-8(3-6)16-5-15-7/h1-3H,4-5H2,(H,11,14)(H,12,13). The highest BCUT2D eigenvalue weighted by Gasteiger charge is 2.16. The van der Waals surface area contributed by atoms with Crippen LogP contribution in [0.5, 0.6) is 11.5 Å². The number of nitrogens with one attached hydrogen (secondary N) is 1. The van der Waals surface area contributed by atoms with Crippen molar-refractivity contribution >= 4 is 11.9 Å². The molecule has 7 nitrogen and oxygen atoms in total. The molecule has 0 saturated carbocycles. The molecule has 0 aromatic heterocycles. The van der Waals surface area contributed by atoms with E-state index >= 15 is 0 Å². The number of hydrogen-bond donors (Lipinski definition) is 2. The summed E-state index contributed by atoms with van der Waals surface area (Å²) < 4.78 is 10.2. The van der Waals surface area contributed by atoms with E-state index < -0.39 is 18.5 Å². The number of carboxylic acids is 1. The third-order valence-electron chi connectivity index (χ3n) is 2.00. The molecule has 0 bridgehead atoms. The Labute approximate surface area is 95.8 Å². The summed E-state index contributed by atoms with van der Waals surface area (Å²) in [5.74, 6) is -0.690. The molecule has 1 amide bonds. The van der Waals surface area contributed by atoms with Gasteiger partial charge in [0.05, 0.1) is 0 Å². The van der Waals surface area contributed by atoms with Crippen molar-refractivity contribution < 1.29 is 29.0 Å². The van der Waals surface area contributed by atoms with E-state index in [0.29, 0.717) is 17.1 Å². The Morgan fingerprint density at radius 2 is 2.12 bits per heavy atom. The molecular formula is C10H9NO6. The lowest BCUT2D eigenvalue weighted by atomic mass is 10.2. The van der Waals surface area contributed by atoms with E-state index in [0.717, 1.165) is 0 Å². The average Bonchev–Trinajstić information content (AvgIpc) is 2.75. The van der Waals surface area contributed by atoms with Gasteiger partial charge in [-0.3, -0.25) is 9.63 Å². The normalized spacial score (nSPS) is 12.2. The van der Waals surface area contributed by atoms with Crippen LogP contribution in [0.25, 0.3) is 0 Å². The molecule has 0 fully saturated rings. The van der Waals surface area contributed by atoms with Crippen LogP contribution in [0, 0.1) is 0 Å². The molecule has 0 radical (unpaired) electrons. The van der Waals surface area contributed by atoms with Gasteiger partial charge in [-0.05, 0) is 18.2 Å². The van der Waals surface area contributed by atoms with Crippen LogP contribution in [0.2, 0.25) is 0 Å². The number of hydroxylamine groups is 1. The fourth-order valence-corrected chi connectivity index (χ4v) is 1.26. The van der Waals surface area contributed by atoms with Gasteiger partial charge in [0.25, 0.3) is 5.91 Å². The summed E-state index contributed by atoms with van der Waals surface area (Å²) in [7, 11) is 0. The average molecular weight is 239 g/mol. The van der Waals surface area contributed by atoms with Gasteiger partial charge in [-0.2, -0.15) is 0 Å². The first-order valence-electron chi connectivity index (χ1n) is 4.70. The van der Waals surface area contributed by atoms with Crippen LogP contribution >= 0.6 is 0 Å². The summed E-state index contributed by atoms with van der Waals surface area (Å²) in [5, 5.41) is 8.31. The molecule has 17 heavy (non-hydrogen) atoms. The van der Waals surface area contributed by atoms with Crippen LogP contribution in [0.3, 0.4) is 0 Å². The molecule has 0 spiro atoms. The van der Waals surface area contributed by atoms with Crippen LogP contribution in [0.1, 0.15) is 10.4 Å². The molecule has 7 heteroatoms. The van der Waals surface area contributed by atoms with Crippen molar-refractivity contribution in [1.29, 1.82) is 0 Å². The van der Waals surface area contributed by atoms with Crippen molar-refractivity contribution in [2.45, 2.75) is 0 Å². The van der Waals surface area contributed by atoms with Gasteiger partial charge >= 0.3 is 5.97 Å². The van der Waals surface area contributed by atoms with E-state index in [1.54, 1.807) is 6.07 Å². The first-order valence-corrected chi connectivity index (χ1v) is 4.70. The van der Waals surface area contributed by atoms with Gasteiger partial charge in [0.15, 0.2) is 18.1 Å². The number of rotatable bonds is 4. The smallest absolute Gasteiger partial charge is 0.332 e. The first-order chi connectivity index (χ1) is 8.16. The first kappa shape index (κ1) is 11.2. The van der Waals surface area contributed by atoms with Crippen molar-refractivity contribution in [3.05, 3.63) is 23.8 Å². The number of amides is 1. The topological polar surface area (TPSA) is 94.1 Å². The summed E-state index contributed by atoms with van der Waals surface area (Å²) >= 11 is 0. The molecule has 0 unspecified atom stereocenters. The van der Waals surface area contributed by atoms with Crippen LogP contribution in [-0.2, 0) is 9.63 Å². The molecule has 0 aliphatic carbocycles. The number of aliphatic carboxylic acids is 1. The minimum atomic E-state index is -1.17. The predicted molar refractivity (Wildman–Crippen MR) is 53.6 cm³/mol. The molecule has 1 aliphatic heterocycles. The largest absolute Gasteiger partial charge is 0.479 e. The quantitative estimate of drug-likeness (QED) is 0.727. The number of carbonyl (C=O) groups is 2. The third-order valence-corrected chi connectivity index (χ3v) is 2.00. The lowest BCUT2D eigenvalue weighted by Crippen LogP contribution is -2.26. The Bertz CT molecular complexity index is 458. The van der Waals surface area contributed by atoms with E-state index in [2.05, 4.69) is 4.84 Å². The van der Waals surface area contributed by atoms with Crippen LogP contribution < -0.4 is 15.0 Å². The molecule has 1 aromatic carbocycles. The Kier molecular flexibility index (Phi) is 3.10. The number of carboxylic acid groups (broad SMARTS) is 1. The Balaban J connectivity index is 1.97. The Morgan fingerprint density at radius 1 is 1.35 bits per heavy atom. The van der Waals surface area contributed by atoms with Crippen LogP contribution in [-0.4, -0.2) is 30.4 Å². The van der Waals surface area contributed by atoms with Crippen molar-refractivity contribution in [3.8, 4) is 11.5 Å². The fourth-order valence-electron chi connectivity index (χ4n) is 1.26. The molecule has 1 heterocycles. The Hall–Kier alpha value is -2.28. The van der Waals surface area contributed by atoms with Gasteiger partial charge in [-0.15, -0.1) is 0 Å². The third kappa shape index (κ3) is 2.64. The zero-order valence-corrected chi connectivity index (χ0v) is 8.63. The molecule has 1 aromatic rings. The maximum Gasteiger partial charge on any atom is 0.332 e. The minimum absolute atomic E-state index is 0.121. The second kappa shape index (κ2) is 4.71. The maximum absolute atomic E-state index is 11.5. The van der Waals surface area contributed by atoms with E-state index in [9.17, 15) is 9.59 Å². The summed E-state index contributed by atoms with van der Waals surface area (Å²) in [6.45, 7) is -0.480. The number of benzene rings is 1. The van der Waals surface area contributed by atoms with E-state index in [1.807, 2.05) is 5.48 Å². The molecular weight excluding hydrogens is 230 g/mol. The monoisotopic (exact) mass is 239 g/mol. The second-order valence-corrected chi connectivity index (χ2v) is 3.18. The highest BCUT2D eigenvalue weighted by molar-refractivity contribution is 5.94. The summed E-state index contributed by atoms with van der Waals surface area (Å²) in [6, 6.07) is 4.60. The van der Waals surface area contributed by atoms with Gasteiger partial charge in [-0.25, -0.2) is 10.3 Å². The van der Waals surface area contributed by atoms with Gasteiger partial charge in [0.1, 0.15) is 0 Å². The SMILES string of the molecule is O=C(O)CONC(=O)c1ccc2c(c1)OCO2. The van der Waals surface area contributed by atoms with E-state index in [1.165, 1.54) is 12.1 Å². The number of fused-ring (bicyclic) bond motifs is 1. The lowest BCUT2D eigenvalue weighted by molar-refractivity contribution is -0.144. The molecule has 0 saturated heterocycles. The van der Waals surface area contributed by atoms with Gasteiger partial charge in [0, 0.05) is 5.56 Å². The molecule has 0 atom stereocenters. The highest BCUT2D eigenvalue weighted by Crippen LogP contribution is 2.32. The minimum Gasteiger partial charge on any atom is -0.479 e. The van der Waals surface area contributed by atoms with Crippen LogP contribution in [0.4, 0.5) is 0 Å². The number of carbonyl (C=O) groups excluding carboxylic acids is 1. The molecule has 1 aliphatic rings. The van der Waals surface area contributed by atoms with Crippen molar-refractivity contribution in [2.24, 2.45) is 0 Å². The predicted octanol–water partition coefficient (Wildman–Crippen LogP) is 0.161. The summed E-state index contributed by atoms with van der Waals surface area (Å²) in [4.78, 5) is 26.1. The zero-order valence-electron chi connectivity index (χ0n) is 8.63. The summed E-state index contributed by atoms with van der Waals surface area (Å²) in [6.07, 6.45) is 0. The summed E-state index contributed by atoms with van der Waals surface area (Å²) in [5.41, 5.74) is 2.30. The molecule has 2 rings (SSSR count). The highest BCUT2D eigenvalue weighted by atomic mass is 16.7. The molecule has 90 valence electrons. The zero-order chi connectivity index (χ0) is 12.3. The number of ether oxygens (including phenoxy) is 2. The fraction of sp³-hybridized carbons (Fsp3) is 0.200. The van der Waals surface area contributed by atoms with Crippen LogP contribution in [0.15, 0.2) is 18.2 Å². The van der Waals surface area contributed by atoms with E-state index in [-0.39, 0.29) is 6.79 Å². The van der Waals surface area contributed by atoms with Gasteiger partial charge in [0.2, 0.25) is 6.79 Å². The maximum atomic E-state index is 11.5. The second-order valence-electron chi connectivity index (χ2n) is 3.18. The van der Waals surface area contributed by atoms with Crippen molar-refractivity contribution in [2.75, 3.05) is 13.4 Å². The van der Waals surface area contributed by atoms with Gasteiger partial charge in [-0.1, -0.05) is 0 Å². The van der Waals surface area contributed by atoms with Crippen molar-refractivity contribution in [1.82, 2.24) is 5.48 Å². The van der Waals surface area contributed by atoms with Crippen molar-refractivity contribution in [3.63, 3.8) is 0 Å². The number of hydrogen-bond acceptors (Lipinski definition) is 5. The molecule has 2 N–H and O–H groups in total. The lowest BCUT2D eigenvalue weighted by Gasteiger charge is -2.04. The van der Waals surface area contributed by atoms with E-state index in [4.69, 9.17) is 14.6 Å². The van der Waals surface area contributed by atoms with Gasteiger partial charge < -0.3 is 14.6 Å².